The Hall–Kier alpha value is -0.870. The minimum absolute atomic E-state index is 0.000850. The Morgan fingerprint density at radius 2 is 2.11 bits per heavy atom. The normalized spacial score (nSPS) is 23.3. The maximum atomic E-state index is 11.1. The second kappa shape index (κ2) is 7.06. The van der Waals surface area contributed by atoms with Gasteiger partial charge < -0.3 is 10.6 Å². The van der Waals surface area contributed by atoms with Crippen LogP contribution >= 0.6 is 11.3 Å². The fraction of sp³-hybridized carbons (Fsp3) is 0.667. The molecule has 1 heterocycles. The molecule has 0 bridgehead atoms. The van der Waals surface area contributed by atoms with E-state index >= 15 is 0 Å². The fourth-order valence-electron chi connectivity index (χ4n) is 2.70. The van der Waals surface area contributed by atoms with Gasteiger partial charge in [0.25, 0.3) is 0 Å². The van der Waals surface area contributed by atoms with Gasteiger partial charge in [0, 0.05) is 18.3 Å². The summed E-state index contributed by atoms with van der Waals surface area (Å²) in [5, 5.41) is 8.46. The molecule has 0 unspecified atom stereocenters. The second-order valence-corrected chi connectivity index (χ2v) is 6.70. The summed E-state index contributed by atoms with van der Waals surface area (Å²) in [6.45, 7) is 5.87. The van der Waals surface area contributed by atoms with E-state index in [0.717, 1.165) is 30.6 Å². The first-order chi connectivity index (χ1) is 9.15. The predicted molar refractivity (Wildman–Crippen MR) is 81.5 cm³/mol. The van der Waals surface area contributed by atoms with Gasteiger partial charge in [-0.05, 0) is 42.7 Å². The molecule has 1 saturated carbocycles. The van der Waals surface area contributed by atoms with E-state index in [1.165, 1.54) is 30.6 Å². The Bertz CT molecular complexity index is 408. The lowest BCUT2D eigenvalue weighted by molar-refractivity contribution is -0.114. The number of carbonyl (C=O) groups is 1. The third-order valence-corrected chi connectivity index (χ3v) is 4.83. The summed E-state index contributed by atoms with van der Waals surface area (Å²) in [5.41, 5.74) is 0.960. The van der Waals surface area contributed by atoms with Crippen LogP contribution in [0.15, 0.2) is 11.4 Å². The van der Waals surface area contributed by atoms with Gasteiger partial charge in [0.1, 0.15) is 0 Å². The highest BCUT2D eigenvalue weighted by molar-refractivity contribution is 7.10. The summed E-state index contributed by atoms with van der Waals surface area (Å²) in [5.74, 6) is 1.75. The van der Waals surface area contributed by atoms with Crippen LogP contribution in [0.4, 0.5) is 5.69 Å². The number of nitrogens with one attached hydrogen (secondary N) is 2. The summed E-state index contributed by atoms with van der Waals surface area (Å²) in [6.07, 6.45) is 5.47. The monoisotopic (exact) mass is 280 g/mol. The van der Waals surface area contributed by atoms with Gasteiger partial charge in [-0.15, -0.1) is 11.3 Å². The van der Waals surface area contributed by atoms with Crippen molar-refractivity contribution in [2.75, 3.05) is 11.9 Å². The van der Waals surface area contributed by atoms with Crippen LogP contribution < -0.4 is 10.6 Å². The molecule has 1 fully saturated rings. The van der Waals surface area contributed by atoms with Gasteiger partial charge in [-0.25, -0.2) is 0 Å². The first-order valence-corrected chi connectivity index (χ1v) is 8.07. The van der Waals surface area contributed by atoms with Crippen LogP contribution in [0.25, 0.3) is 0 Å². The molecule has 1 amide bonds. The molecule has 0 saturated heterocycles. The third-order valence-electron chi connectivity index (χ3n) is 3.91. The molecule has 0 aromatic carbocycles. The molecular formula is C15H24N2OS. The number of amides is 1. The van der Waals surface area contributed by atoms with Crippen LogP contribution in [-0.4, -0.2) is 12.5 Å². The highest BCUT2D eigenvalue weighted by Crippen LogP contribution is 2.28. The second-order valence-electron chi connectivity index (χ2n) is 5.70. The van der Waals surface area contributed by atoms with Crippen molar-refractivity contribution in [3.05, 3.63) is 16.3 Å². The van der Waals surface area contributed by atoms with E-state index in [9.17, 15) is 4.79 Å². The quantitative estimate of drug-likeness (QED) is 0.865. The van der Waals surface area contributed by atoms with Crippen LogP contribution in [0.1, 0.15) is 44.4 Å². The largest absolute Gasteiger partial charge is 0.325 e. The molecule has 1 aliphatic carbocycles. The molecule has 0 atom stereocenters. The standard InChI is InChI=1S/C15H24N2OS/c1-11-3-5-13(6-4-11)9-16-10-15-14(7-8-19-15)17-12(2)18/h7-8,11,13,16H,3-6,9-10H2,1-2H3,(H,17,18). The maximum absolute atomic E-state index is 11.1. The van der Waals surface area contributed by atoms with Gasteiger partial charge in [0.2, 0.25) is 5.91 Å². The zero-order valence-electron chi connectivity index (χ0n) is 11.9. The van der Waals surface area contributed by atoms with Crippen molar-refractivity contribution < 1.29 is 4.79 Å². The van der Waals surface area contributed by atoms with Crippen LogP contribution in [0.2, 0.25) is 0 Å². The summed E-state index contributed by atoms with van der Waals surface area (Å²) in [4.78, 5) is 12.3. The Balaban J connectivity index is 1.73. The summed E-state index contributed by atoms with van der Waals surface area (Å²) in [7, 11) is 0. The molecule has 3 nitrogen and oxygen atoms in total. The van der Waals surface area contributed by atoms with Crippen molar-refractivity contribution in [3.8, 4) is 0 Å². The van der Waals surface area contributed by atoms with Gasteiger partial charge >= 0.3 is 0 Å². The van der Waals surface area contributed by atoms with Crippen molar-refractivity contribution in [2.45, 2.75) is 46.1 Å². The molecule has 0 radical (unpaired) electrons. The zero-order chi connectivity index (χ0) is 13.7. The van der Waals surface area contributed by atoms with Crippen LogP contribution in [0.3, 0.4) is 0 Å². The molecule has 1 aromatic heterocycles. The van der Waals surface area contributed by atoms with E-state index in [1.54, 1.807) is 18.3 Å². The predicted octanol–water partition coefficient (Wildman–Crippen LogP) is 3.62. The molecule has 19 heavy (non-hydrogen) atoms. The molecule has 2 N–H and O–H groups in total. The van der Waals surface area contributed by atoms with Gasteiger partial charge in [-0.1, -0.05) is 19.8 Å². The Labute approximate surface area is 119 Å². The molecule has 0 aliphatic heterocycles. The zero-order valence-corrected chi connectivity index (χ0v) is 12.7. The van der Waals surface area contributed by atoms with Crippen molar-refractivity contribution in [3.63, 3.8) is 0 Å². The maximum Gasteiger partial charge on any atom is 0.221 e. The topological polar surface area (TPSA) is 41.1 Å². The van der Waals surface area contributed by atoms with Crippen molar-refractivity contribution in [1.29, 1.82) is 0 Å². The number of hydrogen-bond donors (Lipinski definition) is 2. The first-order valence-electron chi connectivity index (χ1n) is 7.20. The van der Waals surface area contributed by atoms with Gasteiger partial charge in [-0.3, -0.25) is 4.79 Å². The molecular weight excluding hydrogens is 256 g/mol. The number of anilines is 1. The van der Waals surface area contributed by atoms with Crippen LogP contribution in [0, 0.1) is 11.8 Å². The molecule has 1 aliphatic rings. The lowest BCUT2D eigenvalue weighted by Gasteiger charge is -2.26. The SMILES string of the molecule is CC(=O)Nc1ccsc1CNCC1CCC(C)CC1. The highest BCUT2D eigenvalue weighted by atomic mass is 32.1. The highest BCUT2D eigenvalue weighted by Gasteiger charge is 2.17. The third kappa shape index (κ3) is 4.62. The average Bonchev–Trinajstić information content (AvgIpc) is 2.78. The van der Waals surface area contributed by atoms with Crippen molar-refractivity contribution in [1.82, 2.24) is 5.32 Å². The number of rotatable bonds is 5. The lowest BCUT2D eigenvalue weighted by atomic mass is 9.83. The number of hydrogen-bond acceptors (Lipinski definition) is 3. The van der Waals surface area contributed by atoms with E-state index in [4.69, 9.17) is 0 Å². The Morgan fingerprint density at radius 1 is 1.37 bits per heavy atom. The number of carbonyl (C=O) groups excluding carboxylic acids is 1. The molecule has 106 valence electrons. The van der Waals surface area contributed by atoms with Crippen molar-refractivity contribution >= 4 is 22.9 Å². The molecule has 4 heteroatoms. The van der Waals surface area contributed by atoms with Crippen LogP contribution in [0.5, 0.6) is 0 Å². The van der Waals surface area contributed by atoms with Crippen LogP contribution in [-0.2, 0) is 11.3 Å². The van der Waals surface area contributed by atoms with E-state index in [0.29, 0.717) is 0 Å². The summed E-state index contributed by atoms with van der Waals surface area (Å²) in [6, 6.07) is 1.98. The van der Waals surface area contributed by atoms with E-state index < -0.39 is 0 Å². The lowest BCUT2D eigenvalue weighted by Crippen LogP contribution is -2.25. The smallest absolute Gasteiger partial charge is 0.221 e. The Morgan fingerprint density at radius 3 is 2.79 bits per heavy atom. The number of thiophene rings is 1. The first kappa shape index (κ1) is 14.5. The minimum Gasteiger partial charge on any atom is -0.325 e. The molecule has 0 spiro atoms. The van der Waals surface area contributed by atoms with E-state index in [2.05, 4.69) is 17.6 Å². The van der Waals surface area contributed by atoms with Gasteiger partial charge in [0.05, 0.1) is 5.69 Å². The van der Waals surface area contributed by atoms with Gasteiger partial charge in [0.15, 0.2) is 0 Å². The summed E-state index contributed by atoms with van der Waals surface area (Å²) >= 11 is 1.70. The van der Waals surface area contributed by atoms with Crippen molar-refractivity contribution in [2.24, 2.45) is 11.8 Å². The molecule has 2 rings (SSSR count). The summed E-state index contributed by atoms with van der Waals surface area (Å²) < 4.78 is 0. The molecule has 1 aromatic rings. The van der Waals surface area contributed by atoms with E-state index in [1.807, 2.05) is 11.4 Å². The average molecular weight is 280 g/mol. The Kier molecular flexibility index (Phi) is 5.40. The fourth-order valence-corrected chi connectivity index (χ4v) is 3.50. The van der Waals surface area contributed by atoms with E-state index in [-0.39, 0.29) is 5.91 Å². The minimum atomic E-state index is 0.000850. The van der Waals surface area contributed by atoms with Gasteiger partial charge in [-0.2, -0.15) is 0 Å².